The van der Waals surface area contributed by atoms with E-state index in [0.717, 1.165) is 24.1 Å². The van der Waals surface area contributed by atoms with E-state index in [1.807, 2.05) is 6.07 Å². The maximum Gasteiger partial charge on any atom is 0.119 e. The number of aryl methyl sites for hydroxylation is 1. The number of rotatable bonds is 2. The topological polar surface area (TPSA) is 48.8 Å². The zero-order valence-electron chi connectivity index (χ0n) is 10.5. The molecule has 1 aromatic heterocycles. The van der Waals surface area contributed by atoms with Crippen molar-refractivity contribution < 1.29 is 4.74 Å². The molecule has 0 amide bonds. The highest BCUT2D eigenvalue weighted by molar-refractivity contribution is 5.87. The van der Waals surface area contributed by atoms with E-state index in [9.17, 15) is 0 Å². The number of methoxy groups -OCH3 is 1. The van der Waals surface area contributed by atoms with E-state index in [0.29, 0.717) is 12.3 Å². The van der Waals surface area contributed by atoms with Crippen LogP contribution < -0.4 is 4.74 Å². The summed E-state index contributed by atoms with van der Waals surface area (Å²) in [6, 6.07) is 8.44. The van der Waals surface area contributed by atoms with Crippen molar-refractivity contribution in [2.24, 2.45) is 0 Å². The first-order valence-electron chi connectivity index (χ1n) is 6.39. The highest BCUT2D eigenvalue weighted by Crippen LogP contribution is 2.39. The lowest BCUT2D eigenvalue weighted by molar-refractivity contribution is 0.415. The van der Waals surface area contributed by atoms with Crippen LogP contribution in [-0.2, 0) is 6.42 Å². The van der Waals surface area contributed by atoms with Crippen molar-refractivity contribution in [1.29, 1.82) is 5.26 Å². The average Bonchev–Trinajstić information content (AvgIpc) is 2.77. The van der Waals surface area contributed by atoms with E-state index in [2.05, 4.69) is 23.2 Å². The summed E-state index contributed by atoms with van der Waals surface area (Å²) in [6.45, 7) is 0. The first kappa shape index (κ1) is 11.2. The Bertz CT molecular complexity index is 621. The number of H-pyrrole nitrogens is 1. The van der Waals surface area contributed by atoms with Crippen LogP contribution in [0.4, 0.5) is 0 Å². The molecule has 3 rings (SSSR count). The van der Waals surface area contributed by atoms with Crippen molar-refractivity contribution in [3.8, 4) is 11.8 Å². The monoisotopic (exact) mass is 240 g/mol. The molecule has 0 fully saturated rings. The third-order valence-electron chi connectivity index (χ3n) is 3.85. The molecule has 0 aliphatic heterocycles. The van der Waals surface area contributed by atoms with Gasteiger partial charge in [-0.15, -0.1) is 0 Å². The molecule has 1 aliphatic carbocycles. The predicted octanol–water partition coefficient (Wildman–Crippen LogP) is 3.51. The molecule has 1 unspecified atom stereocenters. The summed E-state index contributed by atoms with van der Waals surface area (Å²) < 4.78 is 5.30. The largest absolute Gasteiger partial charge is 0.497 e. The Labute approximate surface area is 106 Å². The molecule has 18 heavy (non-hydrogen) atoms. The predicted molar refractivity (Wildman–Crippen MR) is 70.8 cm³/mol. The number of nitrogens with one attached hydrogen (secondary N) is 1. The van der Waals surface area contributed by atoms with Gasteiger partial charge in [0.15, 0.2) is 0 Å². The number of benzene rings is 1. The van der Waals surface area contributed by atoms with Crippen LogP contribution in [0.25, 0.3) is 10.9 Å². The van der Waals surface area contributed by atoms with E-state index in [1.165, 1.54) is 23.1 Å². The summed E-state index contributed by atoms with van der Waals surface area (Å²) in [5, 5.41) is 10.2. The van der Waals surface area contributed by atoms with Gasteiger partial charge in [-0.1, -0.05) is 0 Å². The lowest BCUT2D eigenvalue weighted by Crippen LogP contribution is -2.08. The Morgan fingerprint density at radius 1 is 1.50 bits per heavy atom. The number of hydrogen-bond acceptors (Lipinski definition) is 2. The van der Waals surface area contributed by atoms with E-state index >= 15 is 0 Å². The highest BCUT2D eigenvalue weighted by Gasteiger charge is 2.24. The molecule has 0 bridgehead atoms. The van der Waals surface area contributed by atoms with Gasteiger partial charge in [-0.2, -0.15) is 5.26 Å². The van der Waals surface area contributed by atoms with Crippen molar-refractivity contribution in [1.82, 2.24) is 4.98 Å². The SMILES string of the molecule is COc1ccc2[nH]c3c(c2c1)C(CC#N)CCC3. The maximum atomic E-state index is 8.97. The van der Waals surface area contributed by atoms with Crippen molar-refractivity contribution >= 4 is 10.9 Å². The van der Waals surface area contributed by atoms with Crippen LogP contribution in [0.5, 0.6) is 5.75 Å². The quantitative estimate of drug-likeness (QED) is 0.873. The van der Waals surface area contributed by atoms with Gasteiger partial charge in [0.25, 0.3) is 0 Å². The van der Waals surface area contributed by atoms with Gasteiger partial charge in [-0.25, -0.2) is 0 Å². The minimum absolute atomic E-state index is 0.375. The van der Waals surface area contributed by atoms with Crippen LogP contribution in [0.3, 0.4) is 0 Å². The Kier molecular flexibility index (Phi) is 2.71. The van der Waals surface area contributed by atoms with E-state index < -0.39 is 0 Å². The van der Waals surface area contributed by atoms with Gasteiger partial charge in [0.2, 0.25) is 0 Å². The van der Waals surface area contributed by atoms with Crippen LogP contribution >= 0.6 is 0 Å². The zero-order chi connectivity index (χ0) is 12.5. The first-order chi connectivity index (χ1) is 8.83. The van der Waals surface area contributed by atoms with E-state index in [1.54, 1.807) is 7.11 Å². The second-order valence-corrected chi connectivity index (χ2v) is 4.88. The molecule has 1 N–H and O–H groups in total. The van der Waals surface area contributed by atoms with Gasteiger partial charge in [0, 0.05) is 23.0 Å². The summed E-state index contributed by atoms with van der Waals surface area (Å²) >= 11 is 0. The Balaban J connectivity index is 2.19. The maximum absolute atomic E-state index is 8.97. The van der Waals surface area contributed by atoms with Crippen LogP contribution in [0.1, 0.15) is 36.4 Å². The molecule has 1 aromatic carbocycles. The molecule has 1 atom stereocenters. The van der Waals surface area contributed by atoms with Crippen molar-refractivity contribution in [2.45, 2.75) is 31.6 Å². The summed E-state index contributed by atoms with van der Waals surface area (Å²) in [5.41, 5.74) is 3.81. The molecule has 0 saturated carbocycles. The number of nitrogens with zero attached hydrogens (tertiary/aromatic N) is 1. The highest BCUT2D eigenvalue weighted by atomic mass is 16.5. The average molecular weight is 240 g/mol. The number of fused-ring (bicyclic) bond motifs is 3. The Morgan fingerprint density at radius 2 is 2.39 bits per heavy atom. The molecular weight excluding hydrogens is 224 g/mol. The molecule has 0 saturated heterocycles. The van der Waals surface area contributed by atoms with Crippen LogP contribution in [0.2, 0.25) is 0 Å². The van der Waals surface area contributed by atoms with E-state index in [4.69, 9.17) is 10.00 Å². The van der Waals surface area contributed by atoms with Crippen molar-refractivity contribution in [2.75, 3.05) is 7.11 Å². The molecular formula is C15H16N2O. The number of hydrogen-bond donors (Lipinski definition) is 1. The fraction of sp³-hybridized carbons (Fsp3) is 0.400. The Hall–Kier alpha value is -1.95. The second-order valence-electron chi connectivity index (χ2n) is 4.88. The number of aromatic amines is 1. The summed E-state index contributed by atoms with van der Waals surface area (Å²) in [6.07, 6.45) is 3.99. The van der Waals surface area contributed by atoms with Gasteiger partial charge in [-0.3, -0.25) is 0 Å². The minimum Gasteiger partial charge on any atom is -0.497 e. The van der Waals surface area contributed by atoms with E-state index in [-0.39, 0.29) is 0 Å². The second kappa shape index (κ2) is 4.38. The smallest absolute Gasteiger partial charge is 0.119 e. The molecule has 0 radical (unpaired) electrons. The first-order valence-corrected chi connectivity index (χ1v) is 6.39. The number of nitriles is 1. The van der Waals surface area contributed by atoms with Gasteiger partial charge >= 0.3 is 0 Å². The summed E-state index contributed by atoms with van der Waals surface area (Å²) in [4.78, 5) is 3.49. The zero-order valence-corrected chi connectivity index (χ0v) is 10.5. The summed E-state index contributed by atoms with van der Waals surface area (Å²) in [5.74, 6) is 1.25. The van der Waals surface area contributed by atoms with Crippen molar-refractivity contribution in [3.63, 3.8) is 0 Å². The lowest BCUT2D eigenvalue weighted by Gasteiger charge is -2.20. The fourth-order valence-corrected chi connectivity index (χ4v) is 3.02. The van der Waals surface area contributed by atoms with Gasteiger partial charge in [0.1, 0.15) is 5.75 Å². The van der Waals surface area contributed by atoms with Crippen LogP contribution in [0.15, 0.2) is 18.2 Å². The fourth-order valence-electron chi connectivity index (χ4n) is 3.02. The van der Waals surface area contributed by atoms with Gasteiger partial charge in [-0.05, 0) is 48.9 Å². The molecule has 0 spiro atoms. The van der Waals surface area contributed by atoms with Crippen LogP contribution in [0, 0.1) is 11.3 Å². The molecule has 2 aromatic rings. The van der Waals surface area contributed by atoms with Gasteiger partial charge in [0.05, 0.1) is 13.2 Å². The summed E-state index contributed by atoms with van der Waals surface area (Å²) in [7, 11) is 1.69. The Morgan fingerprint density at radius 3 is 3.17 bits per heavy atom. The lowest BCUT2D eigenvalue weighted by atomic mass is 9.83. The molecule has 1 heterocycles. The molecule has 1 aliphatic rings. The number of ether oxygens (including phenoxy) is 1. The minimum atomic E-state index is 0.375. The van der Waals surface area contributed by atoms with Crippen LogP contribution in [-0.4, -0.2) is 12.1 Å². The normalized spacial score (nSPS) is 18.3. The standard InChI is InChI=1S/C15H16N2O/c1-18-11-5-6-13-12(9-11)15-10(7-8-16)3-2-4-14(15)17-13/h5-6,9-10,17H,2-4,7H2,1H3. The number of aromatic nitrogens is 1. The molecule has 3 heteroatoms. The van der Waals surface area contributed by atoms with Crippen molar-refractivity contribution in [3.05, 3.63) is 29.5 Å². The molecule has 3 nitrogen and oxygen atoms in total. The van der Waals surface area contributed by atoms with Gasteiger partial charge < -0.3 is 9.72 Å². The third-order valence-corrected chi connectivity index (χ3v) is 3.85. The molecule has 92 valence electrons. The third kappa shape index (κ3) is 1.65.